The van der Waals surface area contributed by atoms with Gasteiger partial charge in [0.1, 0.15) is 6.54 Å². The van der Waals surface area contributed by atoms with Crippen molar-refractivity contribution in [2.45, 2.75) is 26.3 Å². The van der Waals surface area contributed by atoms with E-state index >= 15 is 0 Å². The molecule has 102 valence electrons. The van der Waals surface area contributed by atoms with Crippen molar-refractivity contribution in [3.05, 3.63) is 23.8 Å². The quantitative estimate of drug-likeness (QED) is 0.820. The van der Waals surface area contributed by atoms with Gasteiger partial charge in [-0.1, -0.05) is 13.0 Å². The third-order valence-electron chi connectivity index (χ3n) is 3.71. The van der Waals surface area contributed by atoms with Crippen LogP contribution in [0.1, 0.15) is 30.6 Å². The van der Waals surface area contributed by atoms with Gasteiger partial charge in [-0.25, -0.2) is 0 Å². The minimum absolute atomic E-state index is 0.00964. The maximum Gasteiger partial charge on any atom is 0.258 e. The first-order valence-electron chi connectivity index (χ1n) is 6.43. The fourth-order valence-corrected chi connectivity index (χ4v) is 2.25. The van der Waals surface area contributed by atoms with E-state index in [2.05, 4.69) is 0 Å². The standard InChI is InChI=1S/C14H19N3O2/c1-4-9(2)17-8-12(18)16(3)11-7-5-6-10(15)13(11)14(17)19/h5-7,9H,4,8,15H2,1-3H3. The number of benzene rings is 1. The highest BCUT2D eigenvalue weighted by atomic mass is 16.2. The van der Waals surface area contributed by atoms with E-state index in [4.69, 9.17) is 5.73 Å². The molecule has 0 bridgehead atoms. The van der Waals surface area contributed by atoms with E-state index < -0.39 is 0 Å². The van der Waals surface area contributed by atoms with Gasteiger partial charge in [-0.15, -0.1) is 0 Å². The lowest BCUT2D eigenvalue weighted by Gasteiger charge is -2.26. The Morgan fingerprint density at radius 3 is 2.68 bits per heavy atom. The fourth-order valence-electron chi connectivity index (χ4n) is 2.25. The smallest absolute Gasteiger partial charge is 0.258 e. The maximum absolute atomic E-state index is 12.6. The molecule has 5 heteroatoms. The van der Waals surface area contributed by atoms with Gasteiger partial charge in [0.25, 0.3) is 5.91 Å². The van der Waals surface area contributed by atoms with Crippen LogP contribution in [-0.4, -0.2) is 36.3 Å². The van der Waals surface area contributed by atoms with Crippen molar-refractivity contribution in [3.8, 4) is 0 Å². The van der Waals surface area contributed by atoms with Crippen molar-refractivity contribution < 1.29 is 9.59 Å². The molecule has 5 nitrogen and oxygen atoms in total. The van der Waals surface area contributed by atoms with Crippen LogP contribution >= 0.6 is 0 Å². The first-order valence-corrected chi connectivity index (χ1v) is 6.43. The first-order chi connectivity index (χ1) is 8.97. The number of amides is 2. The highest BCUT2D eigenvalue weighted by Crippen LogP contribution is 2.30. The number of nitrogen functional groups attached to an aromatic ring is 1. The van der Waals surface area contributed by atoms with Crippen LogP contribution in [0.3, 0.4) is 0 Å². The molecule has 0 fully saturated rings. The number of rotatable bonds is 2. The molecule has 1 aliphatic rings. The Balaban J connectivity index is 2.58. The molecule has 1 aromatic carbocycles. The van der Waals surface area contributed by atoms with E-state index in [1.54, 1.807) is 30.1 Å². The van der Waals surface area contributed by atoms with Crippen LogP contribution < -0.4 is 10.6 Å². The Bertz CT molecular complexity index is 527. The van der Waals surface area contributed by atoms with Gasteiger partial charge >= 0.3 is 0 Å². The number of hydrogen-bond acceptors (Lipinski definition) is 3. The lowest BCUT2D eigenvalue weighted by Crippen LogP contribution is -2.42. The second kappa shape index (κ2) is 4.91. The number of likely N-dealkylation sites (N-methyl/N-ethyl adjacent to an activating group) is 1. The lowest BCUT2D eigenvalue weighted by atomic mass is 10.1. The number of nitrogens with zero attached hydrogens (tertiary/aromatic N) is 2. The summed E-state index contributed by atoms with van der Waals surface area (Å²) < 4.78 is 0. The van der Waals surface area contributed by atoms with Gasteiger partial charge in [0, 0.05) is 18.8 Å². The number of hydrogen-bond donors (Lipinski definition) is 1. The average molecular weight is 261 g/mol. The summed E-state index contributed by atoms with van der Waals surface area (Å²) in [6, 6.07) is 5.20. The molecule has 0 saturated carbocycles. The monoisotopic (exact) mass is 261 g/mol. The Kier molecular flexibility index (Phi) is 3.46. The molecule has 1 unspecified atom stereocenters. The highest BCUT2D eigenvalue weighted by molar-refractivity contribution is 6.12. The number of carbonyl (C=O) groups is 2. The normalized spacial score (nSPS) is 17.2. The predicted molar refractivity (Wildman–Crippen MR) is 75.1 cm³/mol. The second-order valence-corrected chi connectivity index (χ2v) is 4.88. The van der Waals surface area contributed by atoms with Crippen LogP contribution in [-0.2, 0) is 4.79 Å². The summed E-state index contributed by atoms with van der Waals surface area (Å²) in [6.07, 6.45) is 0.796. The number of nitrogens with two attached hydrogens (primary N) is 1. The van der Waals surface area contributed by atoms with E-state index in [9.17, 15) is 9.59 Å². The van der Waals surface area contributed by atoms with Crippen molar-refractivity contribution >= 4 is 23.2 Å². The average Bonchev–Trinajstić information content (AvgIpc) is 2.49. The topological polar surface area (TPSA) is 66.6 Å². The summed E-state index contributed by atoms with van der Waals surface area (Å²) in [7, 11) is 1.67. The van der Waals surface area contributed by atoms with Gasteiger partial charge in [-0.2, -0.15) is 0 Å². The molecule has 0 radical (unpaired) electrons. The van der Waals surface area contributed by atoms with Gasteiger partial charge in [0.05, 0.1) is 11.3 Å². The Morgan fingerprint density at radius 1 is 1.37 bits per heavy atom. The van der Waals surface area contributed by atoms with Crippen molar-refractivity contribution in [1.82, 2.24) is 4.90 Å². The maximum atomic E-state index is 12.6. The summed E-state index contributed by atoms with van der Waals surface area (Å²) in [5.74, 6) is -0.266. The van der Waals surface area contributed by atoms with Gasteiger partial charge in [-0.3, -0.25) is 9.59 Å². The molecule has 2 rings (SSSR count). The van der Waals surface area contributed by atoms with E-state index in [1.165, 1.54) is 4.90 Å². The molecule has 0 aromatic heterocycles. The van der Waals surface area contributed by atoms with Crippen molar-refractivity contribution in [2.75, 3.05) is 24.2 Å². The van der Waals surface area contributed by atoms with Gasteiger partial charge < -0.3 is 15.5 Å². The second-order valence-electron chi connectivity index (χ2n) is 4.88. The number of anilines is 2. The van der Waals surface area contributed by atoms with Crippen LogP contribution in [0.15, 0.2) is 18.2 Å². The molecule has 0 spiro atoms. The molecule has 2 amide bonds. The highest BCUT2D eigenvalue weighted by Gasteiger charge is 2.32. The van der Waals surface area contributed by atoms with Crippen LogP contribution in [0, 0.1) is 0 Å². The first kappa shape index (κ1) is 13.4. The van der Waals surface area contributed by atoms with Crippen molar-refractivity contribution in [2.24, 2.45) is 0 Å². The summed E-state index contributed by atoms with van der Waals surface area (Å²) >= 11 is 0. The SMILES string of the molecule is CCC(C)N1CC(=O)N(C)c2cccc(N)c2C1=O. The Labute approximate surface area is 113 Å². The van der Waals surface area contributed by atoms with E-state index in [0.29, 0.717) is 16.9 Å². The largest absolute Gasteiger partial charge is 0.398 e. The van der Waals surface area contributed by atoms with Gasteiger partial charge in [0.15, 0.2) is 0 Å². The number of carbonyl (C=O) groups excluding carboxylic acids is 2. The van der Waals surface area contributed by atoms with E-state index in [-0.39, 0.29) is 24.4 Å². The molecule has 1 aliphatic heterocycles. The third-order valence-corrected chi connectivity index (χ3v) is 3.71. The van der Waals surface area contributed by atoms with E-state index in [1.807, 2.05) is 13.8 Å². The number of fused-ring (bicyclic) bond motifs is 1. The molecule has 19 heavy (non-hydrogen) atoms. The predicted octanol–water partition coefficient (Wildman–Crippen LogP) is 1.49. The summed E-state index contributed by atoms with van der Waals surface area (Å²) in [5, 5.41) is 0. The van der Waals surface area contributed by atoms with Gasteiger partial charge in [0.2, 0.25) is 5.91 Å². The summed E-state index contributed by atoms with van der Waals surface area (Å²) in [6.45, 7) is 4.03. The molecular formula is C14H19N3O2. The van der Waals surface area contributed by atoms with Crippen LogP contribution in [0.4, 0.5) is 11.4 Å². The summed E-state index contributed by atoms with van der Waals surface area (Å²) in [4.78, 5) is 27.9. The fraction of sp³-hybridized carbons (Fsp3) is 0.429. The Morgan fingerprint density at radius 2 is 2.05 bits per heavy atom. The summed E-state index contributed by atoms with van der Waals surface area (Å²) in [5.41, 5.74) is 7.35. The molecule has 1 atom stereocenters. The Hall–Kier alpha value is -2.04. The van der Waals surface area contributed by atoms with Crippen LogP contribution in [0.25, 0.3) is 0 Å². The zero-order valence-corrected chi connectivity index (χ0v) is 11.5. The molecule has 1 aromatic rings. The van der Waals surface area contributed by atoms with Crippen molar-refractivity contribution in [3.63, 3.8) is 0 Å². The molecular weight excluding hydrogens is 242 g/mol. The zero-order chi connectivity index (χ0) is 14.2. The van der Waals surface area contributed by atoms with Crippen LogP contribution in [0.2, 0.25) is 0 Å². The van der Waals surface area contributed by atoms with Crippen LogP contribution in [0.5, 0.6) is 0 Å². The lowest BCUT2D eigenvalue weighted by molar-refractivity contribution is -0.119. The molecule has 0 aliphatic carbocycles. The van der Waals surface area contributed by atoms with E-state index in [0.717, 1.165) is 6.42 Å². The minimum atomic E-state index is -0.167. The minimum Gasteiger partial charge on any atom is -0.398 e. The molecule has 1 heterocycles. The molecule has 0 saturated heterocycles. The molecule has 2 N–H and O–H groups in total. The zero-order valence-electron chi connectivity index (χ0n) is 11.5. The van der Waals surface area contributed by atoms with Gasteiger partial charge in [-0.05, 0) is 25.5 Å². The third kappa shape index (κ3) is 2.16. The van der Waals surface area contributed by atoms with Crippen molar-refractivity contribution in [1.29, 1.82) is 0 Å².